The zero-order valence-electron chi connectivity index (χ0n) is 10.2. The second-order valence-corrected chi connectivity index (χ2v) is 3.89. The van der Waals surface area contributed by atoms with Crippen LogP contribution in [0, 0.1) is 17.0 Å². The summed E-state index contributed by atoms with van der Waals surface area (Å²) in [6.07, 6.45) is 1.53. The molecule has 1 N–H and O–H groups in total. The minimum Gasteiger partial charge on any atom is -0.438 e. The molecule has 0 saturated carbocycles. The Morgan fingerprint density at radius 3 is 2.84 bits per heavy atom. The Morgan fingerprint density at radius 1 is 1.37 bits per heavy atom. The van der Waals surface area contributed by atoms with E-state index in [1.54, 1.807) is 31.2 Å². The number of aliphatic hydroxyl groups excluding tert-OH is 1. The molecular weight excluding hydrogens is 248 g/mol. The van der Waals surface area contributed by atoms with E-state index in [2.05, 4.69) is 4.98 Å². The van der Waals surface area contributed by atoms with Gasteiger partial charge in [0, 0.05) is 17.8 Å². The van der Waals surface area contributed by atoms with E-state index in [-0.39, 0.29) is 18.2 Å². The van der Waals surface area contributed by atoms with Crippen LogP contribution < -0.4 is 4.74 Å². The summed E-state index contributed by atoms with van der Waals surface area (Å²) in [6, 6.07) is 7.93. The number of rotatable bonds is 4. The molecule has 0 atom stereocenters. The average molecular weight is 260 g/mol. The van der Waals surface area contributed by atoms with Crippen molar-refractivity contribution in [1.29, 1.82) is 0 Å². The maximum Gasteiger partial charge on any atom is 0.276 e. The smallest absolute Gasteiger partial charge is 0.276 e. The number of nitro groups is 1. The van der Waals surface area contributed by atoms with Gasteiger partial charge in [0.15, 0.2) is 0 Å². The molecule has 0 aliphatic carbocycles. The van der Waals surface area contributed by atoms with E-state index in [9.17, 15) is 15.2 Å². The van der Waals surface area contributed by atoms with Crippen molar-refractivity contribution in [1.82, 2.24) is 4.98 Å². The number of ether oxygens (including phenoxy) is 1. The van der Waals surface area contributed by atoms with Crippen molar-refractivity contribution in [2.75, 3.05) is 0 Å². The van der Waals surface area contributed by atoms with Gasteiger partial charge in [0.1, 0.15) is 5.75 Å². The third-order valence-electron chi connectivity index (χ3n) is 2.68. The Bertz CT molecular complexity index is 613. The molecule has 1 aromatic carbocycles. The van der Waals surface area contributed by atoms with Crippen LogP contribution in [0.25, 0.3) is 0 Å². The largest absolute Gasteiger partial charge is 0.438 e. The van der Waals surface area contributed by atoms with Crippen LogP contribution in [0.15, 0.2) is 36.5 Å². The van der Waals surface area contributed by atoms with Crippen molar-refractivity contribution in [3.05, 3.63) is 57.8 Å². The predicted molar refractivity (Wildman–Crippen MR) is 68.1 cm³/mol. The lowest BCUT2D eigenvalue weighted by molar-refractivity contribution is -0.385. The first-order valence-corrected chi connectivity index (χ1v) is 5.60. The van der Waals surface area contributed by atoms with Gasteiger partial charge in [0.2, 0.25) is 5.88 Å². The van der Waals surface area contributed by atoms with Crippen LogP contribution in [0.5, 0.6) is 11.6 Å². The lowest BCUT2D eigenvalue weighted by Crippen LogP contribution is -1.98. The van der Waals surface area contributed by atoms with Crippen LogP contribution in [-0.2, 0) is 6.61 Å². The molecule has 19 heavy (non-hydrogen) atoms. The monoisotopic (exact) mass is 260 g/mol. The van der Waals surface area contributed by atoms with Crippen LogP contribution in [0.4, 0.5) is 5.69 Å². The standard InChI is InChI=1S/C13H12N2O4/c1-9-11(15(17)18)5-2-6-12(9)19-13-10(8-16)4-3-7-14-13/h2-7,16H,8H2,1H3. The van der Waals surface area contributed by atoms with Crippen molar-refractivity contribution in [3.8, 4) is 11.6 Å². The van der Waals surface area contributed by atoms with Gasteiger partial charge in [0.05, 0.1) is 17.1 Å². The topological polar surface area (TPSA) is 85.5 Å². The molecule has 1 heterocycles. The van der Waals surface area contributed by atoms with Gasteiger partial charge in [-0.2, -0.15) is 0 Å². The maximum atomic E-state index is 10.8. The number of nitro benzene ring substituents is 1. The Hall–Kier alpha value is -2.47. The molecule has 6 heteroatoms. The first-order valence-electron chi connectivity index (χ1n) is 5.60. The molecule has 0 fully saturated rings. The van der Waals surface area contributed by atoms with Gasteiger partial charge in [0.25, 0.3) is 5.69 Å². The van der Waals surface area contributed by atoms with Gasteiger partial charge in [-0.05, 0) is 25.1 Å². The lowest BCUT2D eigenvalue weighted by Gasteiger charge is -2.10. The number of hydrogen-bond acceptors (Lipinski definition) is 5. The Balaban J connectivity index is 2.39. The van der Waals surface area contributed by atoms with Gasteiger partial charge in [-0.25, -0.2) is 4.98 Å². The minimum atomic E-state index is -0.465. The lowest BCUT2D eigenvalue weighted by atomic mass is 10.2. The summed E-state index contributed by atoms with van der Waals surface area (Å²) >= 11 is 0. The summed E-state index contributed by atoms with van der Waals surface area (Å²) in [7, 11) is 0. The van der Waals surface area contributed by atoms with Gasteiger partial charge < -0.3 is 9.84 Å². The zero-order valence-corrected chi connectivity index (χ0v) is 10.2. The molecule has 0 spiro atoms. The quantitative estimate of drug-likeness (QED) is 0.674. The van der Waals surface area contributed by atoms with E-state index in [4.69, 9.17) is 4.74 Å². The van der Waals surface area contributed by atoms with Crippen LogP contribution >= 0.6 is 0 Å². The fourth-order valence-corrected chi connectivity index (χ4v) is 1.65. The SMILES string of the molecule is Cc1c(Oc2ncccc2CO)cccc1[N+](=O)[O-]. The second-order valence-electron chi connectivity index (χ2n) is 3.89. The first-order chi connectivity index (χ1) is 9.13. The van der Waals surface area contributed by atoms with E-state index < -0.39 is 4.92 Å². The number of aliphatic hydroxyl groups is 1. The van der Waals surface area contributed by atoms with E-state index in [0.29, 0.717) is 16.9 Å². The molecule has 98 valence electrons. The Morgan fingerprint density at radius 2 is 2.16 bits per heavy atom. The Labute approximate surface area is 109 Å². The van der Waals surface area contributed by atoms with Gasteiger partial charge >= 0.3 is 0 Å². The predicted octanol–water partition coefficient (Wildman–Crippen LogP) is 2.58. The molecule has 0 saturated heterocycles. The summed E-state index contributed by atoms with van der Waals surface area (Å²) in [4.78, 5) is 14.4. The maximum absolute atomic E-state index is 10.8. The highest BCUT2D eigenvalue weighted by Gasteiger charge is 2.15. The van der Waals surface area contributed by atoms with Gasteiger partial charge in [-0.15, -0.1) is 0 Å². The molecule has 2 aromatic rings. The van der Waals surface area contributed by atoms with Crippen molar-refractivity contribution >= 4 is 5.69 Å². The normalized spacial score (nSPS) is 10.2. The van der Waals surface area contributed by atoms with E-state index in [1.807, 2.05) is 0 Å². The van der Waals surface area contributed by atoms with Gasteiger partial charge in [-0.3, -0.25) is 10.1 Å². The summed E-state index contributed by atoms with van der Waals surface area (Å²) in [5, 5.41) is 20.0. The van der Waals surface area contributed by atoms with Crippen LogP contribution in [-0.4, -0.2) is 15.0 Å². The van der Waals surface area contributed by atoms with Gasteiger partial charge in [-0.1, -0.05) is 6.07 Å². The number of nitrogens with zero attached hydrogens (tertiary/aromatic N) is 2. The fourth-order valence-electron chi connectivity index (χ4n) is 1.65. The highest BCUT2D eigenvalue weighted by molar-refractivity contribution is 5.49. The summed E-state index contributed by atoms with van der Waals surface area (Å²) in [5.41, 5.74) is 0.925. The molecule has 0 unspecified atom stereocenters. The van der Waals surface area contributed by atoms with Crippen LogP contribution in [0.2, 0.25) is 0 Å². The fraction of sp³-hybridized carbons (Fsp3) is 0.154. The molecule has 2 rings (SSSR count). The van der Waals surface area contributed by atoms with E-state index >= 15 is 0 Å². The van der Waals surface area contributed by atoms with Crippen molar-refractivity contribution < 1.29 is 14.8 Å². The first kappa shape index (κ1) is 13.0. The van der Waals surface area contributed by atoms with E-state index in [0.717, 1.165) is 0 Å². The summed E-state index contributed by atoms with van der Waals surface area (Å²) in [5.74, 6) is 0.594. The third-order valence-corrected chi connectivity index (χ3v) is 2.68. The van der Waals surface area contributed by atoms with Crippen molar-refractivity contribution in [2.24, 2.45) is 0 Å². The molecule has 6 nitrogen and oxygen atoms in total. The molecular formula is C13H12N2O4. The summed E-state index contributed by atoms with van der Waals surface area (Å²) < 4.78 is 5.55. The molecule has 0 aliphatic heterocycles. The second kappa shape index (κ2) is 5.45. The van der Waals surface area contributed by atoms with Crippen molar-refractivity contribution in [2.45, 2.75) is 13.5 Å². The molecule has 0 bridgehead atoms. The van der Waals surface area contributed by atoms with E-state index in [1.165, 1.54) is 12.3 Å². The highest BCUT2D eigenvalue weighted by Crippen LogP contribution is 2.31. The van der Waals surface area contributed by atoms with Crippen molar-refractivity contribution in [3.63, 3.8) is 0 Å². The molecule has 1 aromatic heterocycles. The zero-order chi connectivity index (χ0) is 13.8. The number of hydrogen-bond donors (Lipinski definition) is 1. The van der Waals surface area contributed by atoms with Crippen LogP contribution in [0.3, 0.4) is 0 Å². The third kappa shape index (κ3) is 2.69. The van der Waals surface area contributed by atoms with Crippen LogP contribution in [0.1, 0.15) is 11.1 Å². The molecule has 0 radical (unpaired) electrons. The molecule has 0 aliphatic rings. The molecule has 0 amide bonds. The summed E-state index contributed by atoms with van der Waals surface area (Å²) in [6.45, 7) is 1.40. The number of pyridine rings is 1. The average Bonchev–Trinajstić information content (AvgIpc) is 2.41. The Kier molecular flexibility index (Phi) is 3.72. The highest BCUT2D eigenvalue weighted by atomic mass is 16.6. The minimum absolute atomic E-state index is 0.0148. The number of aromatic nitrogens is 1. The number of benzene rings is 1.